The Bertz CT molecular complexity index is 792. The summed E-state index contributed by atoms with van der Waals surface area (Å²) in [6, 6.07) is 8.30. The molecule has 0 bridgehead atoms. The summed E-state index contributed by atoms with van der Waals surface area (Å²) in [5.74, 6) is -0.899. The standard InChI is InChI=1S/C17H19NO4S/c1-11-9-14(12(2)18(11)3)15(19)10-22-17(20)13-7-5-6-8-16(13)23(4)21/h5-9H,10H2,1-4H3/t23-/m0/s1. The van der Waals surface area contributed by atoms with Crippen molar-refractivity contribution in [3.05, 3.63) is 52.8 Å². The van der Waals surface area contributed by atoms with Gasteiger partial charge >= 0.3 is 5.97 Å². The Labute approximate surface area is 137 Å². The molecule has 1 heterocycles. The van der Waals surface area contributed by atoms with Crippen molar-refractivity contribution >= 4 is 22.6 Å². The molecule has 6 heteroatoms. The number of aryl methyl sites for hydroxylation is 1. The SMILES string of the molecule is Cc1cc(C(=O)COC(=O)c2ccccc2[S@](C)=O)c(C)n1C. The molecule has 2 aromatic rings. The van der Waals surface area contributed by atoms with Crippen molar-refractivity contribution in [2.24, 2.45) is 7.05 Å². The molecule has 1 aromatic carbocycles. The van der Waals surface area contributed by atoms with Crippen LogP contribution in [0.25, 0.3) is 0 Å². The minimum Gasteiger partial charge on any atom is -0.454 e. The summed E-state index contributed by atoms with van der Waals surface area (Å²) in [4.78, 5) is 24.8. The molecule has 122 valence electrons. The smallest absolute Gasteiger partial charge is 0.339 e. The molecule has 0 aliphatic heterocycles. The Balaban J connectivity index is 2.12. The number of aromatic nitrogens is 1. The monoisotopic (exact) mass is 333 g/mol. The lowest BCUT2D eigenvalue weighted by Gasteiger charge is -2.07. The Morgan fingerprint density at radius 2 is 1.83 bits per heavy atom. The molecule has 0 aliphatic rings. The minimum atomic E-state index is -1.30. The van der Waals surface area contributed by atoms with E-state index < -0.39 is 16.8 Å². The molecular formula is C17H19NO4S. The summed E-state index contributed by atoms with van der Waals surface area (Å²) < 4.78 is 18.7. The van der Waals surface area contributed by atoms with Crippen molar-refractivity contribution in [3.8, 4) is 0 Å². The van der Waals surface area contributed by atoms with E-state index in [1.165, 1.54) is 6.26 Å². The van der Waals surface area contributed by atoms with Crippen LogP contribution in [-0.2, 0) is 22.6 Å². The zero-order valence-electron chi connectivity index (χ0n) is 13.6. The topological polar surface area (TPSA) is 65.4 Å². The molecule has 1 atom stereocenters. The molecule has 0 saturated heterocycles. The van der Waals surface area contributed by atoms with E-state index in [-0.39, 0.29) is 18.0 Å². The van der Waals surface area contributed by atoms with E-state index in [4.69, 9.17) is 4.74 Å². The van der Waals surface area contributed by atoms with Crippen LogP contribution in [0.5, 0.6) is 0 Å². The first kappa shape index (κ1) is 17.1. The van der Waals surface area contributed by atoms with Crippen LogP contribution in [-0.4, -0.2) is 33.4 Å². The third-order valence-corrected chi connectivity index (χ3v) is 4.80. The van der Waals surface area contributed by atoms with Crippen molar-refractivity contribution in [2.75, 3.05) is 12.9 Å². The molecule has 0 unspecified atom stereocenters. The zero-order chi connectivity index (χ0) is 17.1. The number of benzene rings is 1. The summed E-state index contributed by atoms with van der Waals surface area (Å²) >= 11 is 0. The van der Waals surface area contributed by atoms with Crippen LogP contribution in [0.4, 0.5) is 0 Å². The Morgan fingerprint density at radius 3 is 2.39 bits per heavy atom. The molecule has 0 aliphatic carbocycles. The number of carbonyl (C=O) groups excluding carboxylic acids is 2. The highest BCUT2D eigenvalue weighted by Gasteiger charge is 2.19. The summed E-state index contributed by atoms with van der Waals surface area (Å²) in [7, 11) is 0.571. The van der Waals surface area contributed by atoms with Crippen molar-refractivity contribution in [1.82, 2.24) is 4.57 Å². The summed E-state index contributed by atoms with van der Waals surface area (Å²) in [5.41, 5.74) is 2.56. The third kappa shape index (κ3) is 3.59. The molecule has 1 aromatic heterocycles. The predicted octanol–water partition coefficient (Wildman–Crippen LogP) is 2.42. The van der Waals surface area contributed by atoms with Gasteiger partial charge in [-0.2, -0.15) is 0 Å². The quantitative estimate of drug-likeness (QED) is 0.623. The Hall–Kier alpha value is -2.21. The second-order valence-corrected chi connectivity index (χ2v) is 6.64. The second kappa shape index (κ2) is 6.91. The van der Waals surface area contributed by atoms with Gasteiger partial charge in [-0.25, -0.2) is 4.79 Å². The lowest BCUT2D eigenvalue weighted by molar-refractivity contribution is 0.0471. The first-order valence-electron chi connectivity index (χ1n) is 7.08. The maximum atomic E-state index is 12.2. The van der Waals surface area contributed by atoms with Crippen LogP contribution in [0.2, 0.25) is 0 Å². The predicted molar refractivity (Wildman–Crippen MR) is 88.3 cm³/mol. The molecule has 0 N–H and O–H groups in total. The molecule has 0 saturated carbocycles. The van der Waals surface area contributed by atoms with Gasteiger partial charge in [-0.05, 0) is 32.0 Å². The van der Waals surface area contributed by atoms with E-state index in [2.05, 4.69) is 0 Å². The fourth-order valence-corrected chi connectivity index (χ4v) is 3.04. The van der Waals surface area contributed by atoms with E-state index in [1.54, 1.807) is 30.3 Å². The number of hydrogen-bond acceptors (Lipinski definition) is 4. The van der Waals surface area contributed by atoms with Crippen LogP contribution < -0.4 is 0 Å². The molecule has 5 nitrogen and oxygen atoms in total. The molecule has 0 fully saturated rings. The Morgan fingerprint density at radius 1 is 1.17 bits per heavy atom. The lowest BCUT2D eigenvalue weighted by Crippen LogP contribution is -2.16. The first-order valence-corrected chi connectivity index (χ1v) is 8.64. The second-order valence-electron chi connectivity index (χ2n) is 5.29. The van der Waals surface area contributed by atoms with Crippen molar-refractivity contribution in [1.29, 1.82) is 0 Å². The van der Waals surface area contributed by atoms with Gasteiger partial charge in [-0.3, -0.25) is 9.00 Å². The highest BCUT2D eigenvalue weighted by Crippen LogP contribution is 2.16. The minimum absolute atomic E-state index is 0.224. The fourth-order valence-electron chi connectivity index (χ4n) is 2.31. The maximum absolute atomic E-state index is 12.2. The van der Waals surface area contributed by atoms with E-state index in [9.17, 15) is 13.8 Å². The average Bonchev–Trinajstić information content (AvgIpc) is 2.79. The normalized spacial score (nSPS) is 12.0. The molecule has 0 amide bonds. The number of ketones is 1. The number of rotatable bonds is 5. The van der Waals surface area contributed by atoms with Crippen LogP contribution in [0.15, 0.2) is 35.2 Å². The summed E-state index contributed by atoms with van der Waals surface area (Å²) in [6.45, 7) is 3.41. The lowest BCUT2D eigenvalue weighted by atomic mass is 10.1. The van der Waals surface area contributed by atoms with Crippen LogP contribution in [0.3, 0.4) is 0 Å². The number of ether oxygens (including phenoxy) is 1. The van der Waals surface area contributed by atoms with Gasteiger partial charge in [0.1, 0.15) is 0 Å². The van der Waals surface area contributed by atoms with Gasteiger partial charge in [0, 0.05) is 30.3 Å². The third-order valence-electron chi connectivity index (χ3n) is 3.83. The number of hydrogen-bond donors (Lipinski definition) is 0. The van der Waals surface area contributed by atoms with Gasteiger partial charge in [0.15, 0.2) is 6.61 Å². The average molecular weight is 333 g/mol. The molecule has 0 radical (unpaired) electrons. The molecule has 2 rings (SSSR count). The van der Waals surface area contributed by atoms with Crippen molar-refractivity contribution < 1.29 is 18.5 Å². The van der Waals surface area contributed by atoms with E-state index >= 15 is 0 Å². The van der Waals surface area contributed by atoms with Crippen molar-refractivity contribution in [2.45, 2.75) is 18.7 Å². The first-order chi connectivity index (χ1) is 10.8. The van der Waals surface area contributed by atoms with Gasteiger partial charge in [-0.1, -0.05) is 12.1 Å². The van der Waals surface area contributed by atoms with Gasteiger partial charge in [0.2, 0.25) is 5.78 Å². The highest BCUT2D eigenvalue weighted by atomic mass is 32.2. The summed E-state index contributed by atoms with van der Waals surface area (Å²) in [6.07, 6.45) is 1.49. The van der Waals surface area contributed by atoms with Gasteiger partial charge < -0.3 is 9.30 Å². The zero-order valence-corrected chi connectivity index (χ0v) is 14.4. The van der Waals surface area contributed by atoms with Crippen LogP contribution in [0.1, 0.15) is 32.1 Å². The van der Waals surface area contributed by atoms with E-state index in [1.807, 2.05) is 25.5 Å². The van der Waals surface area contributed by atoms with Crippen LogP contribution in [0, 0.1) is 13.8 Å². The fraction of sp³-hybridized carbons (Fsp3) is 0.294. The van der Waals surface area contributed by atoms with Gasteiger partial charge in [0.05, 0.1) is 21.3 Å². The molecular weight excluding hydrogens is 314 g/mol. The Kier molecular flexibility index (Phi) is 5.15. The number of carbonyl (C=O) groups is 2. The van der Waals surface area contributed by atoms with Crippen molar-refractivity contribution in [3.63, 3.8) is 0 Å². The van der Waals surface area contributed by atoms with Gasteiger partial charge in [-0.15, -0.1) is 0 Å². The number of Topliss-reactive ketones (excluding diaryl/α,β-unsaturated/α-hetero) is 1. The largest absolute Gasteiger partial charge is 0.454 e. The summed E-state index contributed by atoms with van der Waals surface area (Å²) in [5, 5.41) is 0. The highest BCUT2D eigenvalue weighted by molar-refractivity contribution is 7.84. The number of nitrogens with zero attached hydrogens (tertiary/aromatic N) is 1. The molecule has 0 spiro atoms. The maximum Gasteiger partial charge on any atom is 0.339 e. The number of esters is 1. The van der Waals surface area contributed by atoms with Gasteiger partial charge in [0.25, 0.3) is 0 Å². The molecule has 23 heavy (non-hydrogen) atoms. The van der Waals surface area contributed by atoms with E-state index in [0.29, 0.717) is 10.5 Å². The van der Waals surface area contributed by atoms with Crippen LogP contribution >= 0.6 is 0 Å². The van der Waals surface area contributed by atoms with E-state index in [0.717, 1.165) is 11.4 Å².